The summed E-state index contributed by atoms with van der Waals surface area (Å²) < 4.78 is 14.3. The Balaban J connectivity index is 3.41. The summed E-state index contributed by atoms with van der Waals surface area (Å²) in [5.74, 6) is 0. The van der Waals surface area contributed by atoms with Gasteiger partial charge in [0.1, 0.15) is 0 Å². The Kier molecular flexibility index (Phi) is 6.55. The third-order valence-corrected chi connectivity index (χ3v) is 2.08. The van der Waals surface area contributed by atoms with Gasteiger partial charge in [-0.05, 0) is 12.8 Å². The molecule has 0 saturated carbocycles. The van der Waals surface area contributed by atoms with E-state index in [1.54, 1.807) is 0 Å². The van der Waals surface area contributed by atoms with Crippen LogP contribution in [-0.4, -0.2) is 21.2 Å². The minimum Gasteiger partial charge on any atom is -0.367 e. The van der Waals surface area contributed by atoms with Gasteiger partial charge in [0.05, 0.1) is 0 Å². The van der Waals surface area contributed by atoms with E-state index in [4.69, 9.17) is 14.9 Å². The van der Waals surface area contributed by atoms with E-state index >= 15 is 0 Å². The molecule has 0 aromatic rings. The van der Waals surface area contributed by atoms with Crippen molar-refractivity contribution >= 4 is 7.82 Å². The van der Waals surface area contributed by atoms with Gasteiger partial charge in [-0.25, -0.2) is 4.57 Å². The van der Waals surface area contributed by atoms with Crippen LogP contribution in [0.1, 0.15) is 39.0 Å². The first-order valence-electron chi connectivity index (χ1n) is 4.37. The number of aliphatic hydroxyl groups excluding tert-OH is 1. The van der Waals surface area contributed by atoms with Gasteiger partial charge in [-0.2, -0.15) is 0 Å². The highest BCUT2D eigenvalue weighted by Gasteiger charge is 2.19. The first-order chi connectivity index (χ1) is 5.95. The van der Waals surface area contributed by atoms with Crippen LogP contribution in [0.15, 0.2) is 0 Å². The van der Waals surface area contributed by atoms with E-state index in [-0.39, 0.29) is 6.42 Å². The van der Waals surface area contributed by atoms with Crippen molar-refractivity contribution in [3.8, 4) is 0 Å². The molecule has 13 heavy (non-hydrogen) atoms. The van der Waals surface area contributed by atoms with Crippen molar-refractivity contribution in [2.75, 3.05) is 0 Å². The quantitative estimate of drug-likeness (QED) is 0.337. The van der Waals surface area contributed by atoms with Crippen molar-refractivity contribution in [2.45, 2.75) is 45.3 Å². The molecular weight excluding hydrogens is 195 g/mol. The van der Waals surface area contributed by atoms with Crippen LogP contribution in [0.25, 0.3) is 0 Å². The second-order valence-corrected chi connectivity index (χ2v) is 4.09. The minimum absolute atomic E-state index is 0.269. The fraction of sp³-hybridized carbons (Fsp3) is 1.00. The number of hydrogen-bond acceptors (Lipinski definition) is 3. The van der Waals surface area contributed by atoms with Gasteiger partial charge < -0.3 is 14.9 Å². The number of phosphoric acid groups is 1. The smallest absolute Gasteiger partial charge is 0.367 e. The molecule has 80 valence electrons. The van der Waals surface area contributed by atoms with Gasteiger partial charge in [0, 0.05) is 0 Å². The summed E-state index contributed by atoms with van der Waals surface area (Å²) in [4.78, 5) is 16.6. The van der Waals surface area contributed by atoms with Crippen molar-refractivity contribution in [3.05, 3.63) is 0 Å². The van der Waals surface area contributed by atoms with E-state index in [0.29, 0.717) is 0 Å². The number of phosphoric ester groups is 1. The summed E-state index contributed by atoms with van der Waals surface area (Å²) in [5, 5.41) is 8.97. The first kappa shape index (κ1) is 13.1. The Morgan fingerprint density at radius 1 is 1.31 bits per heavy atom. The summed E-state index contributed by atoms with van der Waals surface area (Å²) in [5.41, 5.74) is 0. The lowest BCUT2D eigenvalue weighted by Crippen LogP contribution is -2.09. The van der Waals surface area contributed by atoms with Crippen LogP contribution < -0.4 is 0 Å². The fourth-order valence-corrected chi connectivity index (χ4v) is 1.38. The summed E-state index contributed by atoms with van der Waals surface area (Å²) in [7, 11) is -4.53. The van der Waals surface area contributed by atoms with E-state index in [9.17, 15) is 4.57 Å². The average Bonchev–Trinajstić information content (AvgIpc) is 1.94. The maximum atomic E-state index is 10.2. The van der Waals surface area contributed by atoms with Gasteiger partial charge in [-0.3, -0.25) is 4.52 Å². The molecule has 1 unspecified atom stereocenters. The second kappa shape index (κ2) is 6.51. The van der Waals surface area contributed by atoms with Crippen molar-refractivity contribution in [3.63, 3.8) is 0 Å². The normalized spacial score (nSPS) is 14.5. The Bertz CT molecular complexity index is 166. The van der Waals surface area contributed by atoms with Crippen LogP contribution in [0.5, 0.6) is 0 Å². The summed E-state index contributed by atoms with van der Waals surface area (Å²) >= 11 is 0. The van der Waals surface area contributed by atoms with Crippen molar-refractivity contribution in [1.29, 1.82) is 0 Å². The molecule has 0 aliphatic heterocycles. The van der Waals surface area contributed by atoms with Crippen LogP contribution >= 0.6 is 7.82 Å². The highest BCUT2D eigenvalue weighted by molar-refractivity contribution is 7.46. The lowest BCUT2D eigenvalue weighted by atomic mass is 10.1. The lowest BCUT2D eigenvalue weighted by molar-refractivity contribution is -0.0426. The van der Waals surface area contributed by atoms with Gasteiger partial charge in [-0.15, -0.1) is 0 Å². The standard InChI is InChI=1S/C7H17O5P/c1-2-3-4-5-6-7(8)12-13(9,10)11/h7-8H,2-6H2,1H3,(H2,9,10,11). The molecule has 0 bridgehead atoms. The van der Waals surface area contributed by atoms with Crippen LogP contribution in [0.2, 0.25) is 0 Å². The van der Waals surface area contributed by atoms with Crippen molar-refractivity contribution in [2.24, 2.45) is 0 Å². The van der Waals surface area contributed by atoms with E-state index < -0.39 is 14.1 Å². The number of aliphatic hydroxyl groups is 1. The second-order valence-electron chi connectivity index (χ2n) is 2.90. The third kappa shape index (κ3) is 9.99. The molecule has 0 aliphatic carbocycles. The van der Waals surface area contributed by atoms with Gasteiger partial charge in [0.15, 0.2) is 6.29 Å². The third-order valence-electron chi connectivity index (χ3n) is 1.56. The maximum absolute atomic E-state index is 10.2. The van der Waals surface area contributed by atoms with E-state index in [0.717, 1.165) is 25.7 Å². The molecule has 6 heteroatoms. The molecule has 0 aromatic heterocycles. The molecule has 0 amide bonds. The molecule has 3 N–H and O–H groups in total. The zero-order valence-electron chi connectivity index (χ0n) is 7.72. The van der Waals surface area contributed by atoms with Gasteiger partial charge in [0.2, 0.25) is 0 Å². The zero-order valence-corrected chi connectivity index (χ0v) is 8.61. The Labute approximate surface area is 78.0 Å². The van der Waals surface area contributed by atoms with Crippen molar-refractivity contribution in [1.82, 2.24) is 0 Å². The number of unbranched alkanes of at least 4 members (excludes halogenated alkanes) is 3. The monoisotopic (exact) mass is 212 g/mol. The summed E-state index contributed by atoms with van der Waals surface area (Å²) in [6.07, 6.45) is 2.72. The molecule has 0 aromatic carbocycles. The Morgan fingerprint density at radius 3 is 2.38 bits per heavy atom. The van der Waals surface area contributed by atoms with E-state index in [1.807, 2.05) is 0 Å². The van der Waals surface area contributed by atoms with Crippen LogP contribution in [-0.2, 0) is 9.09 Å². The van der Waals surface area contributed by atoms with E-state index in [1.165, 1.54) is 0 Å². The van der Waals surface area contributed by atoms with Gasteiger partial charge in [-0.1, -0.05) is 26.2 Å². The Hall–Kier alpha value is 0.0700. The highest BCUT2D eigenvalue weighted by Crippen LogP contribution is 2.37. The predicted octanol–water partition coefficient (Wildman–Crippen LogP) is 1.38. The van der Waals surface area contributed by atoms with Crippen LogP contribution in [0.3, 0.4) is 0 Å². The SMILES string of the molecule is CCCCCCC(O)OP(=O)(O)O. The molecule has 0 saturated heterocycles. The summed E-state index contributed by atoms with van der Waals surface area (Å²) in [6, 6.07) is 0. The molecule has 0 radical (unpaired) electrons. The molecule has 0 heterocycles. The van der Waals surface area contributed by atoms with E-state index in [2.05, 4.69) is 11.4 Å². The summed E-state index contributed by atoms with van der Waals surface area (Å²) in [6.45, 7) is 2.06. The molecule has 1 atom stereocenters. The predicted molar refractivity (Wildman–Crippen MR) is 47.9 cm³/mol. The van der Waals surface area contributed by atoms with Crippen LogP contribution in [0.4, 0.5) is 0 Å². The molecular formula is C7H17O5P. The number of hydrogen-bond donors (Lipinski definition) is 3. The fourth-order valence-electron chi connectivity index (χ4n) is 0.957. The molecule has 5 nitrogen and oxygen atoms in total. The number of rotatable bonds is 7. The van der Waals surface area contributed by atoms with Gasteiger partial charge >= 0.3 is 7.82 Å². The largest absolute Gasteiger partial charge is 0.471 e. The van der Waals surface area contributed by atoms with Gasteiger partial charge in [0.25, 0.3) is 0 Å². The van der Waals surface area contributed by atoms with Crippen molar-refractivity contribution < 1.29 is 24.0 Å². The van der Waals surface area contributed by atoms with Crippen LogP contribution in [0, 0.1) is 0 Å². The first-order valence-corrected chi connectivity index (χ1v) is 5.90. The molecule has 0 spiro atoms. The average molecular weight is 212 g/mol. The molecule has 0 rings (SSSR count). The zero-order chi connectivity index (χ0) is 10.3. The topological polar surface area (TPSA) is 87.0 Å². The minimum atomic E-state index is -4.53. The highest BCUT2D eigenvalue weighted by atomic mass is 31.2. The Morgan fingerprint density at radius 2 is 1.92 bits per heavy atom. The molecule has 0 aliphatic rings. The lowest BCUT2D eigenvalue weighted by Gasteiger charge is -2.11. The maximum Gasteiger partial charge on any atom is 0.471 e. The molecule has 0 fully saturated rings.